The third kappa shape index (κ3) is 3.20. The van der Waals surface area contributed by atoms with E-state index >= 15 is 0 Å². The van der Waals surface area contributed by atoms with E-state index < -0.39 is 0 Å². The van der Waals surface area contributed by atoms with Crippen LogP contribution in [0, 0.1) is 0 Å². The maximum Gasteiger partial charge on any atom is 0.324 e. The highest BCUT2D eigenvalue weighted by Gasteiger charge is 2.18. The van der Waals surface area contributed by atoms with Gasteiger partial charge in [0.1, 0.15) is 0 Å². The van der Waals surface area contributed by atoms with Gasteiger partial charge in [0.05, 0.1) is 14.2 Å². The summed E-state index contributed by atoms with van der Waals surface area (Å²) in [7, 11) is 2.96. The fraction of sp³-hybridized carbons (Fsp3) is 0.667. The van der Waals surface area contributed by atoms with Gasteiger partial charge in [-0.3, -0.25) is 0 Å². The molecule has 7 heteroatoms. The molecule has 1 aromatic rings. The minimum absolute atomic E-state index is 0.196. The van der Waals surface area contributed by atoms with Crippen molar-refractivity contribution < 1.29 is 9.47 Å². The van der Waals surface area contributed by atoms with Crippen molar-refractivity contribution >= 4 is 5.95 Å². The van der Waals surface area contributed by atoms with Crippen molar-refractivity contribution in [3.63, 3.8) is 0 Å². The highest BCUT2D eigenvalue weighted by atomic mass is 16.5. The molecule has 0 atom stereocenters. The Labute approximate surface area is 94.4 Å². The summed E-state index contributed by atoms with van der Waals surface area (Å²) in [6.07, 6.45) is 0. The van der Waals surface area contributed by atoms with Crippen LogP contribution >= 0.6 is 0 Å². The van der Waals surface area contributed by atoms with E-state index in [1.807, 2.05) is 13.8 Å². The lowest BCUT2D eigenvalue weighted by molar-refractivity contribution is 0.340. The molecule has 0 bridgehead atoms. The van der Waals surface area contributed by atoms with Crippen molar-refractivity contribution in [3.05, 3.63) is 0 Å². The monoisotopic (exact) mass is 227 g/mol. The van der Waals surface area contributed by atoms with Gasteiger partial charge in [-0.05, 0) is 13.8 Å². The first-order valence-corrected chi connectivity index (χ1v) is 4.83. The molecule has 0 saturated carbocycles. The Kier molecular flexibility index (Phi) is 3.83. The Bertz CT molecular complexity index is 334. The standard InChI is InChI=1S/C9H17N5O2/c1-9(2,5-10)14-6-11-7(15-3)13-8(12-6)16-4/h5,10H2,1-4H3,(H,11,12,13,14). The second kappa shape index (κ2) is 4.93. The van der Waals surface area contributed by atoms with Crippen LogP contribution in [0.1, 0.15) is 13.8 Å². The average Bonchev–Trinajstić information content (AvgIpc) is 2.28. The first-order chi connectivity index (χ1) is 7.50. The molecule has 0 aliphatic carbocycles. The maximum atomic E-state index is 5.60. The quantitative estimate of drug-likeness (QED) is 0.733. The van der Waals surface area contributed by atoms with Gasteiger partial charge < -0.3 is 20.5 Å². The summed E-state index contributed by atoms with van der Waals surface area (Å²) in [5.41, 5.74) is 5.29. The predicted octanol–water partition coefficient (Wildman–Crippen LogP) is 0.0380. The third-order valence-corrected chi connectivity index (χ3v) is 1.92. The van der Waals surface area contributed by atoms with Crippen LogP contribution in [0.25, 0.3) is 0 Å². The highest BCUT2D eigenvalue weighted by molar-refractivity contribution is 5.31. The largest absolute Gasteiger partial charge is 0.467 e. The molecule has 3 N–H and O–H groups in total. The molecule has 90 valence electrons. The zero-order valence-corrected chi connectivity index (χ0v) is 9.94. The summed E-state index contributed by atoms with van der Waals surface area (Å²) >= 11 is 0. The number of ether oxygens (including phenoxy) is 2. The molecule has 0 saturated heterocycles. The summed E-state index contributed by atoms with van der Waals surface area (Å²) < 4.78 is 9.86. The molecular weight excluding hydrogens is 210 g/mol. The number of nitrogens with one attached hydrogen (secondary N) is 1. The van der Waals surface area contributed by atoms with Crippen LogP contribution in [-0.2, 0) is 0 Å². The summed E-state index contributed by atoms with van der Waals surface area (Å²) in [6.45, 7) is 4.33. The van der Waals surface area contributed by atoms with E-state index in [0.29, 0.717) is 12.5 Å². The number of rotatable bonds is 5. The molecule has 16 heavy (non-hydrogen) atoms. The molecule has 0 unspecified atom stereocenters. The van der Waals surface area contributed by atoms with E-state index in [2.05, 4.69) is 20.3 Å². The number of aromatic nitrogens is 3. The second-order valence-electron chi connectivity index (χ2n) is 3.85. The smallest absolute Gasteiger partial charge is 0.324 e. The highest BCUT2D eigenvalue weighted by Crippen LogP contribution is 2.15. The lowest BCUT2D eigenvalue weighted by Gasteiger charge is -2.24. The molecule has 1 rings (SSSR count). The van der Waals surface area contributed by atoms with Gasteiger partial charge in [0.2, 0.25) is 5.95 Å². The lowest BCUT2D eigenvalue weighted by atomic mass is 10.1. The fourth-order valence-electron chi connectivity index (χ4n) is 0.930. The molecule has 0 aliphatic rings. The number of nitrogens with zero attached hydrogens (tertiary/aromatic N) is 3. The number of nitrogens with two attached hydrogens (primary N) is 1. The van der Waals surface area contributed by atoms with E-state index in [4.69, 9.17) is 15.2 Å². The van der Waals surface area contributed by atoms with Crippen molar-refractivity contribution in [2.75, 3.05) is 26.1 Å². The van der Waals surface area contributed by atoms with Crippen LogP contribution in [0.5, 0.6) is 12.0 Å². The molecule has 0 aliphatic heterocycles. The first-order valence-electron chi connectivity index (χ1n) is 4.83. The summed E-state index contributed by atoms with van der Waals surface area (Å²) in [4.78, 5) is 12.0. The molecule has 0 amide bonds. The van der Waals surface area contributed by atoms with Crippen LogP contribution in [-0.4, -0.2) is 41.3 Å². The zero-order valence-electron chi connectivity index (χ0n) is 9.94. The van der Waals surface area contributed by atoms with Crippen LogP contribution in [0.4, 0.5) is 5.95 Å². The first kappa shape index (κ1) is 12.4. The molecule has 0 radical (unpaired) electrons. The number of hydrogen-bond donors (Lipinski definition) is 2. The summed E-state index contributed by atoms with van der Waals surface area (Å²) in [5.74, 6) is 0.374. The molecule has 0 spiro atoms. The Hall–Kier alpha value is -1.63. The number of hydrogen-bond acceptors (Lipinski definition) is 7. The van der Waals surface area contributed by atoms with E-state index in [-0.39, 0.29) is 17.6 Å². The third-order valence-electron chi connectivity index (χ3n) is 1.92. The molecule has 1 aromatic heterocycles. The van der Waals surface area contributed by atoms with Gasteiger partial charge in [0.25, 0.3) is 0 Å². The number of methoxy groups -OCH3 is 2. The molecule has 0 fully saturated rings. The lowest BCUT2D eigenvalue weighted by Crippen LogP contribution is -2.39. The van der Waals surface area contributed by atoms with Gasteiger partial charge >= 0.3 is 12.0 Å². The predicted molar refractivity (Wildman–Crippen MR) is 59.7 cm³/mol. The molecular formula is C9H17N5O2. The minimum Gasteiger partial charge on any atom is -0.467 e. The Morgan fingerprint density at radius 3 is 2.00 bits per heavy atom. The van der Waals surface area contributed by atoms with Crippen molar-refractivity contribution in [2.24, 2.45) is 5.73 Å². The second-order valence-corrected chi connectivity index (χ2v) is 3.85. The van der Waals surface area contributed by atoms with Crippen molar-refractivity contribution in [1.82, 2.24) is 15.0 Å². The summed E-state index contributed by atoms with van der Waals surface area (Å²) in [6, 6.07) is 0.393. The van der Waals surface area contributed by atoms with E-state index in [1.54, 1.807) is 0 Å². The van der Waals surface area contributed by atoms with E-state index in [0.717, 1.165) is 0 Å². The minimum atomic E-state index is -0.308. The van der Waals surface area contributed by atoms with Gasteiger partial charge in [-0.1, -0.05) is 0 Å². The average molecular weight is 227 g/mol. The molecule has 1 heterocycles. The zero-order chi connectivity index (χ0) is 12.2. The topological polar surface area (TPSA) is 95.2 Å². The van der Waals surface area contributed by atoms with Crippen molar-refractivity contribution in [1.29, 1.82) is 0 Å². The van der Waals surface area contributed by atoms with Gasteiger partial charge in [-0.25, -0.2) is 0 Å². The molecule has 0 aromatic carbocycles. The number of anilines is 1. The van der Waals surface area contributed by atoms with E-state index in [1.165, 1.54) is 14.2 Å². The van der Waals surface area contributed by atoms with Gasteiger partial charge in [0, 0.05) is 12.1 Å². The Morgan fingerprint density at radius 2 is 1.62 bits per heavy atom. The fourth-order valence-corrected chi connectivity index (χ4v) is 0.930. The van der Waals surface area contributed by atoms with Gasteiger partial charge in [0.15, 0.2) is 0 Å². The normalized spacial score (nSPS) is 11.1. The SMILES string of the molecule is COc1nc(NC(C)(C)CN)nc(OC)n1. The Balaban J connectivity index is 2.95. The van der Waals surface area contributed by atoms with Gasteiger partial charge in [-0.15, -0.1) is 4.98 Å². The summed E-state index contributed by atoms with van der Waals surface area (Å²) in [5, 5.41) is 3.07. The van der Waals surface area contributed by atoms with Crippen LogP contribution in [0.2, 0.25) is 0 Å². The van der Waals surface area contributed by atoms with Crippen LogP contribution < -0.4 is 20.5 Å². The Morgan fingerprint density at radius 1 is 1.12 bits per heavy atom. The maximum absolute atomic E-state index is 5.60. The van der Waals surface area contributed by atoms with E-state index in [9.17, 15) is 0 Å². The van der Waals surface area contributed by atoms with Crippen LogP contribution in [0.15, 0.2) is 0 Å². The van der Waals surface area contributed by atoms with Crippen molar-refractivity contribution in [2.45, 2.75) is 19.4 Å². The molecule has 7 nitrogen and oxygen atoms in total. The van der Waals surface area contributed by atoms with Crippen LogP contribution in [0.3, 0.4) is 0 Å². The van der Waals surface area contributed by atoms with Gasteiger partial charge in [-0.2, -0.15) is 9.97 Å². The van der Waals surface area contributed by atoms with Crippen molar-refractivity contribution in [3.8, 4) is 12.0 Å².